The smallest absolute Gasteiger partial charge is 0.293 e. The van der Waals surface area contributed by atoms with Gasteiger partial charge in [0.25, 0.3) is 11.6 Å². The van der Waals surface area contributed by atoms with E-state index in [0.717, 1.165) is 11.1 Å². The maximum atomic E-state index is 12.6. The number of hydrogen-bond donors (Lipinski definition) is 1. The third-order valence-electron chi connectivity index (χ3n) is 4.11. The first-order valence-corrected chi connectivity index (χ1v) is 8.17. The van der Waals surface area contributed by atoms with Gasteiger partial charge in [-0.1, -0.05) is 42.5 Å². The van der Waals surface area contributed by atoms with Gasteiger partial charge in [-0.15, -0.1) is 0 Å². The lowest BCUT2D eigenvalue weighted by atomic mass is 10.1. The lowest BCUT2D eigenvalue weighted by Gasteiger charge is -2.10. The highest BCUT2D eigenvalue weighted by Crippen LogP contribution is 2.24. The fourth-order valence-corrected chi connectivity index (χ4v) is 2.65. The highest BCUT2D eigenvalue weighted by molar-refractivity contribution is 5.94. The van der Waals surface area contributed by atoms with E-state index >= 15 is 0 Å². The van der Waals surface area contributed by atoms with Crippen molar-refractivity contribution in [1.82, 2.24) is 0 Å². The van der Waals surface area contributed by atoms with Gasteiger partial charge in [0.2, 0.25) is 6.04 Å². The van der Waals surface area contributed by atoms with Gasteiger partial charge in [-0.3, -0.25) is 14.9 Å². The van der Waals surface area contributed by atoms with Gasteiger partial charge in [0.05, 0.1) is 4.92 Å². The molecule has 2 aromatic carbocycles. The number of amides is 1. The van der Waals surface area contributed by atoms with Crippen molar-refractivity contribution in [2.75, 3.05) is 5.32 Å². The Hall–Kier alpha value is -3.54. The fourth-order valence-electron chi connectivity index (χ4n) is 2.65. The van der Waals surface area contributed by atoms with Crippen LogP contribution in [0, 0.1) is 10.1 Å². The molecule has 1 amide bonds. The molecule has 0 spiro atoms. The van der Waals surface area contributed by atoms with Crippen LogP contribution in [0.1, 0.15) is 13.0 Å². The van der Waals surface area contributed by atoms with Crippen molar-refractivity contribution in [3.63, 3.8) is 0 Å². The van der Waals surface area contributed by atoms with E-state index in [2.05, 4.69) is 5.32 Å². The second-order valence-corrected chi connectivity index (χ2v) is 5.85. The molecule has 6 nitrogen and oxygen atoms in total. The topological polar surface area (TPSA) is 76.1 Å². The largest absolute Gasteiger partial charge is 0.315 e. The predicted octanol–water partition coefficient (Wildman–Crippen LogP) is 3.75. The lowest BCUT2D eigenvalue weighted by Crippen LogP contribution is -2.44. The Morgan fingerprint density at radius 2 is 1.65 bits per heavy atom. The van der Waals surface area contributed by atoms with Gasteiger partial charge >= 0.3 is 0 Å². The van der Waals surface area contributed by atoms with Crippen LogP contribution < -0.4 is 9.88 Å². The van der Waals surface area contributed by atoms with Gasteiger partial charge in [0.15, 0.2) is 12.4 Å². The Bertz CT molecular complexity index is 942. The minimum Gasteiger partial charge on any atom is -0.315 e. The molecule has 1 N–H and O–H groups in total. The summed E-state index contributed by atoms with van der Waals surface area (Å²) in [5.74, 6) is -0.325. The summed E-state index contributed by atoms with van der Waals surface area (Å²) in [4.78, 5) is 23.2. The van der Waals surface area contributed by atoms with Gasteiger partial charge in [-0.2, -0.15) is 4.57 Å². The minimum absolute atomic E-state index is 0.129. The number of carbonyl (C=O) groups is 1. The van der Waals surface area contributed by atoms with Crippen LogP contribution in [0.15, 0.2) is 79.1 Å². The maximum Gasteiger partial charge on any atom is 0.293 e. The Morgan fingerprint density at radius 1 is 1.00 bits per heavy atom. The number of nitrogens with zero attached hydrogens (tertiary/aromatic N) is 2. The van der Waals surface area contributed by atoms with Crippen molar-refractivity contribution in [3.05, 3.63) is 89.2 Å². The molecule has 1 heterocycles. The summed E-state index contributed by atoms with van der Waals surface area (Å²) in [5, 5.41) is 13.7. The number of anilines is 1. The number of rotatable bonds is 5. The van der Waals surface area contributed by atoms with Crippen molar-refractivity contribution < 1.29 is 14.3 Å². The van der Waals surface area contributed by atoms with E-state index in [1.807, 2.05) is 48.7 Å². The van der Waals surface area contributed by atoms with Gasteiger partial charge in [-0.05, 0) is 17.7 Å². The molecule has 0 saturated heterocycles. The van der Waals surface area contributed by atoms with Crippen LogP contribution >= 0.6 is 0 Å². The molecule has 130 valence electrons. The Morgan fingerprint density at radius 3 is 2.38 bits per heavy atom. The van der Waals surface area contributed by atoms with E-state index in [9.17, 15) is 14.9 Å². The fraction of sp³-hybridized carbons (Fsp3) is 0.100. The quantitative estimate of drug-likeness (QED) is 0.433. The third kappa shape index (κ3) is 3.75. The van der Waals surface area contributed by atoms with Crippen LogP contribution in [0.5, 0.6) is 0 Å². The molecule has 3 rings (SSSR count). The second kappa shape index (κ2) is 7.57. The molecule has 0 unspecified atom stereocenters. The molecule has 0 radical (unpaired) electrons. The number of nitro benzene ring substituents is 1. The van der Waals surface area contributed by atoms with Crippen LogP contribution in [-0.2, 0) is 4.79 Å². The first-order chi connectivity index (χ1) is 12.6. The van der Waals surface area contributed by atoms with Crippen molar-refractivity contribution in [2.24, 2.45) is 0 Å². The van der Waals surface area contributed by atoms with Crippen molar-refractivity contribution >= 4 is 17.3 Å². The molecule has 26 heavy (non-hydrogen) atoms. The summed E-state index contributed by atoms with van der Waals surface area (Å²) in [7, 11) is 0. The summed E-state index contributed by atoms with van der Waals surface area (Å²) < 4.78 is 1.78. The van der Waals surface area contributed by atoms with E-state index < -0.39 is 11.0 Å². The monoisotopic (exact) mass is 348 g/mol. The average molecular weight is 348 g/mol. The van der Waals surface area contributed by atoms with E-state index in [4.69, 9.17) is 0 Å². The van der Waals surface area contributed by atoms with Crippen LogP contribution in [0.2, 0.25) is 0 Å². The van der Waals surface area contributed by atoms with Gasteiger partial charge < -0.3 is 5.32 Å². The molecular formula is C20H18N3O3+. The van der Waals surface area contributed by atoms with E-state index in [-0.39, 0.29) is 17.3 Å². The van der Waals surface area contributed by atoms with E-state index in [1.54, 1.807) is 29.8 Å². The standard InChI is InChI=1S/C20H17N3O3/c1-15(20(24)21-18-11-5-6-12-19(18)23(25)26)22-13-7-10-17(14-22)16-8-3-2-4-9-16/h2-15H,1H3/p+1/t15-/m0/s1. The molecule has 3 aromatic rings. The number of nitrogens with one attached hydrogen (secondary N) is 1. The van der Waals surface area contributed by atoms with E-state index in [0.29, 0.717) is 0 Å². The van der Waals surface area contributed by atoms with Crippen molar-refractivity contribution in [3.8, 4) is 11.1 Å². The number of nitro groups is 1. The zero-order valence-corrected chi connectivity index (χ0v) is 14.2. The molecule has 0 aliphatic rings. The molecule has 6 heteroatoms. The number of pyridine rings is 1. The van der Waals surface area contributed by atoms with Crippen LogP contribution in [0.3, 0.4) is 0 Å². The molecule has 0 bridgehead atoms. The molecule has 0 aliphatic heterocycles. The van der Waals surface area contributed by atoms with Crippen molar-refractivity contribution in [1.29, 1.82) is 0 Å². The van der Waals surface area contributed by atoms with E-state index in [1.165, 1.54) is 12.1 Å². The maximum absolute atomic E-state index is 12.6. The Labute approximate surface area is 150 Å². The highest BCUT2D eigenvalue weighted by Gasteiger charge is 2.25. The average Bonchev–Trinajstić information content (AvgIpc) is 2.68. The Balaban J connectivity index is 1.83. The molecule has 1 aromatic heterocycles. The van der Waals surface area contributed by atoms with Gasteiger partial charge in [0.1, 0.15) is 5.69 Å². The predicted molar refractivity (Wildman–Crippen MR) is 98.5 cm³/mol. The first kappa shape index (κ1) is 17.3. The van der Waals surface area contributed by atoms with Crippen molar-refractivity contribution in [2.45, 2.75) is 13.0 Å². The molecule has 0 saturated carbocycles. The number of carbonyl (C=O) groups excluding carboxylic acids is 1. The first-order valence-electron chi connectivity index (χ1n) is 8.17. The summed E-state index contributed by atoms with van der Waals surface area (Å²) in [6, 6.07) is 19.3. The normalized spacial score (nSPS) is 11.6. The number of hydrogen-bond acceptors (Lipinski definition) is 3. The summed E-state index contributed by atoms with van der Waals surface area (Å²) in [5.41, 5.74) is 2.09. The summed E-state index contributed by atoms with van der Waals surface area (Å²) in [6.45, 7) is 1.75. The summed E-state index contributed by atoms with van der Waals surface area (Å²) >= 11 is 0. The Kier molecular flexibility index (Phi) is 5.03. The zero-order chi connectivity index (χ0) is 18.5. The molecular weight excluding hydrogens is 330 g/mol. The number of benzene rings is 2. The molecule has 1 atom stereocenters. The molecule has 0 aliphatic carbocycles. The second-order valence-electron chi connectivity index (χ2n) is 5.85. The van der Waals surface area contributed by atoms with Gasteiger partial charge in [0, 0.05) is 24.6 Å². The van der Waals surface area contributed by atoms with Crippen LogP contribution in [0.4, 0.5) is 11.4 Å². The minimum atomic E-state index is -0.529. The number of aromatic nitrogens is 1. The van der Waals surface area contributed by atoms with Crippen LogP contribution in [-0.4, -0.2) is 10.8 Å². The molecule has 0 fully saturated rings. The lowest BCUT2D eigenvalue weighted by molar-refractivity contribution is -0.705. The zero-order valence-electron chi connectivity index (χ0n) is 14.2. The highest BCUT2D eigenvalue weighted by atomic mass is 16.6. The van der Waals surface area contributed by atoms with Crippen LogP contribution in [0.25, 0.3) is 11.1 Å². The van der Waals surface area contributed by atoms with Gasteiger partial charge in [-0.25, -0.2) is 0 Å². The third-order valence-corrected chi connectivity index (χ3v) is 4.11. The summed E-state index contributed by atoms with van der Waals surface area (Å²) in [6.07, 6.45) is 3.69. The SMILES string of the molecule is C[C@@H](C(=O)Nc1ccccc1[N+](=O)[O-])[n+]1cccc(-c2ccccc2)c1. The number of para-hydroxylation sites is 2.